The van der Waals surface area contributed by atoms with Crippen LogP contribution in [0.4, 0.5) is 11.5 Å². The van der Waals surface area contributed by atoms with Gasteiger partial charge in [-0.3, -0.25) is 9.80 Å². The van der Waals surface area contributed by atoms with Crippen LogP contribution < -0.4 is 5.01 Å². The fourth-order valence-electron chi connectivity index (χ4n) is 3.31. The van der Waals surface area contributed by atoms with Crippen molar-refractivity contribution >= 4 is 23.2 Å². The van der Waals surface area contributed by atoms with Gasteiger partial charge in [0.25, 0.3) is 5.91 Å². The first-order valence-corrected chi connectivity index (χ1v) is 8.81. The molecule has 1 aliphatic heterocycles. The lowest BCUT2D eigenvalue weighted by Crippen LogP contribution is -2.44. The summed E-state index contributed by atoms with van der Waals surface area (Å²) in [4.78, 5) is 22.5. The van der Waals surface area contributed by atoms with E-state index in [-0.39, 0.29) is 5.91 Å². The van der Waals surface area contributed by atoms with E-state index in [1.165, 1.54) is 0 Å². The van der Waals surface area contributed by atoms with Gasteiger partial charge < -0.3 is 0 Å². The highest BCUT2D eigenvalue weighted by Crippen LogP contribution is 2.31. The lowest BCUT2D eigenvalue weighted by Gasteiger charge is -2.29. The number of para-hydroxylation sites is 1. The first-order valence-electron chi connectivity index (χ1n) is 8.81. The monoisotopic (exact) mass is 356 g/mol. The number of aromatic nitrogens is 1. The van der Waals surface area contributed by atoms with E-state index in [2.05, 4.69) is 4.98 Å². The van der Waals surface area contributed by atoms with Crippen LogP contribution in [0.3, 0.4) is 0 Å². The summed E-state index contributed by atoms with van der Waals surface area (Å²) in [5.74, 6) is 1.18. The Morgan fingerprint density at radius 1 is 0.889 bits per heavy atom. The van der Waals surface area contributed by atoms with Gasteiger partial charge in [-0.15, -0.1) is 0 Å². The number of hydrogen-bond acceptors (Lipinski definition) is 4. The number of aryl methyl sites for hydroxylation is 2. The minimum absolute atomic E-state index is 0.108. The number of hydrogen-bond donors (Lipinski definition) is 0. The molecule has 0 saturated heterocycles. The number of carbonyl (C=O) groups is 1. The SMILES string of the molecule is Cc1cccc(C)c1N=C1c2ccccc2C(=O)N1N(C)c1ccccn1. The molecule has 0 aliphatic carbocycles. The highest BCUT2D eigenvalue weighted by atomic mass is 16.2. The molecule has 27 heavy (non-hydrogen) atoms. The molecule has 0 bridgehead atoms. The van der Waals surface area contributed by atoms with Gasteiger partial charge in [-0.05, 0) is 43.2 Å². The number of amidine groups is 1. The van der Waals surface area contributed by atoms with Crippen LogP contribution in [0.15, 0.2) is 71.9 Å². The number of hydrazine groups is 1. The molecular weight excluding hydrogens is 336 g/mol. The Kier molecular flexibility index (Phi) is 4.20. The van der Waals surface area contributed by atoms with Gasteiger partial charge in [0.1, 0.15) is 5.82 Å². The number of benzene rings is 2. The number of rotatable bonds is 3. The molecule has 0 saturated carbocycles. The van der Waals surface area contributed by atoms with Gasteiger partial charge in [-0.25, -0.2) is 9.98 Å². The average Bonchev–Trinajstić information content (AvgIpc) is 2.97. The van der Waals surface area contributed by atoms with Crippen LogP contribution in [-0.2, 0) is 0 Å². The molecule has 2 aromatic carbocycles. The molecule has 1 aliphatic rings. The van der Waals surface area contributed by atoms with E-state index in [1.54, 1.807) is 16.2 Å². The first-order chi connectivity index (χ1) is 13.1. The van der Waals surface area contributed by atoms with Crippen molar-refractivity contribution in [3.8, 4) is 0 Å². The molecule has 1 amide bonds. The second-order valence-electron chi connectivity index (χ2n) is 6.55. The van der Waals surface area contributed by atoms with E-state index >= 15 is 0 Å². The van der Waals surface area contributed by atoms with Crippen LogP contribution >= 0.6 is 0 Å². The van der Waals surface area contributed by atoms with Crippen molar-refractivity contribution < 1.29 is 4.79 Å². The van der Waals surface area contributed by atoms with Crippen LogP contribution in [0.25, 0.3) is 0 Å². The molecule has 0 radical (unpaired) electrons. The van der Waals surface area contributed by atoms with Gasteiger partial charge in [-0.2, -0.15) is 5.01 Å². The number of aliphatic imine (C=N–C) groups is 1. The summed E-state index contributed by atoms with van der Waals surface area (Å²) in [6.07, 6.45) is 1.71. The van der Waals surface area contributed by atoms with Gasteiger partial charge in [0, 0.05) is 18.8 Å². The quantitative estimate of drug-likeness (QED) is 0.704. The molecular formula is C22H20N4O. The molecule has 0 spiro atoms. The van der Waals surface area contributed by atoms with Crippen molar-refractivity contribution in [1.29, 1.82) is 0 Å². The lowest BCUT2D eigenvalue weighted by atomic mass is 10.1. The lowest BCUT2D eigenvalue weighted by molar-refractivity contribution is 0.0853. The van der Waals surface area contributed by atoms with Crippen molar-refractivity contribution in [2.75, 3.05) is 12.1 Å². The molecule has 0 atom stereocenters. The number of amides is 1. The summed E-state index contributed by atoms with van der Waals surface area (Å²) in [6.45, 7) is 4.06. The van der Waals surface area contributed by atoms with Crippen LogP contribution in [0.5, 0.6) is 0 Å². The van der Waals surface area contributed by atoms with E-state index < -0.39 is 0 Å². The number of anilines is 1. The van der Waals surface area contributed by atoms with Crippen molar-refractivity contribution in [1.82, 2.24) is 9.99 Å². The Labute approximate surface area is 158 Å². The Bertz CT molecular complexity index is 1020. The molecule has 134 valence electrons. The van der Waals surface area contributed by atoms with Crippen molar-refractivity contribution in [2.24, 2.45) is 4.99 Å². The summed E-state index contributed by atoms with van der Waals surface area (Å²) >= 11 is 0. The van der Waals surface area contributed by atoms with E-state index in [0.29, 0.717) is 17.2 Å². The molecule has 1 aromatic heterocycles. The highest BCUT2D eigenvalue weighted by molar-refractivity contribution is 6.24. The van der Waals surface area contributed by atoms with Gasteiger partial charge in [0.2, 0.25) is 0 Å². The van der Waals surface area contributed by atoms with E-state index in [4.69, 9.17) is 4.99 Å². The molecule has 5 nitrogen and oxygen atoms in total. The van der Waals surface area contributed by atoms with E-state index in [1.807, 2.05) is 81.6 Å². The fourth-order valence-corrected chi connectivity index (χ4v) is 3.31. The zero-order chi connectivity index (χ0) is 19.0. The number of carbonyl (C=O) groups excluding carboxylic acids is 1. The Balaban J connectivity index is 1.90. The molecule has 3 aromatic rings. The Hall–Kier alpha value is -3.47. The van der Waals surface area contributed by atoms with Gasteiger partial charge >= 0.3 is 0 Å². The topological polar surface area (TPSA) is 48.8 Å². The van der Waals surface area contributed by atoms with Crippen LogP contribution in [0.2, 0.25) is 0 Å². The van der Waals surface area contributed by atoms with Gasteiger partial charge in [-0.1, -0.05) is 42.5 Å². The number of fused-ring (bicyclic) bond motifs is 1. The van der Waals surface area contributed by atoms with E-state index in [9.17, 15) is 4.79 Å². The molecule has 0 N–H and O–H groups in total. The number of nitrogens with zero attached hydrogens (tertiary/aromatic N) is 4. The van der Waals surface area contributed by atoms with Crippen molar-refractivity contribution in [3.63, 3.8) is 0 Å². The second kappa shape index (κ2) is 6.68. The van der Waals surface area contributed by atoms with E-state index in [0.717, 1.165) is 22.4 Å². The van der Waals surface area contributed by atoms with Gasteiger partial charge in [0.05, 0.1) is 11.3 Å². The summed E-state index contributed by atoms with van der Waals surface area (Å²) < 4.78 is 0. The number of pyridine rings is 1. The van der Waals surface area contributed by atoms with Crippen LogP contribution in [0.1, 0.15) is 27.0 Å². The minimum Gasteiger partial charge on any atom is -0.267 e. The highest BCUT2D eigenvalue weighted by Gasteiger charge is 2.37. The third kappa shape index (κ3) is 2.87. The summed E-state index contributed by atoms with van der Waals surface area (Å²) in [5.41, 5.74) is 4.49. The predicted octanol–water partition coefficient (Wildman–Crippen LogP) is 4.28. The van der Waals surface area contributed by atoms with Crippen molar-refractivity contribution in [2.45, 2.75) is 13.8 Å². The predicted molar refractivity (Wildman–Crippen MR) is 107 cm³/mol. The van der Waals surface area contributed by atoms with Crippen LogP contribution in [0, 0.1) is 13.8 Å². The summed E-state index contributed by atoms with van der Waals surface area (Å²) in [7, 11) is 1.83. The third-order valence-electron chi connectivity index (χ3n) is 4.73. The Morgan fingerprint density at radius 2 is 1.56 bits per heavy atom. The minimum atomic E-state index is -0.108. The first kappa shape index (κ1) is 17.0. The van der Waals surface area contributed by atoms with Gasteiger partial charge in [0.15, 0.2) is 5.84 Å². The second-order valence-corrected chi connectivity index (χ2v) is 6.55. The zero-order valence-electron chi connectivity index (χ0n) is 15.5. The normalized spacial score (nSPS) is 14.6. The van der Waals surface area contributed by atoms with Crippen molar-refractivity contribution in [3.05, 3.63) is 89.1 Å². The maximum atomic E-state index is 13.2. The summed E-state index contributed by atoms with van der Waals surface area (Å²) in [5, 5.41) is 3.34. The molecule has 4 rings (SSSR count). The summed E-state index contributed by atoms with van der Waals surface area (Å²) in [6, 6.07) is 19.3. The smallest absolute Gasteiger partial charge is 0.267 e. The molecule has 5 heteroatoms. The average molecular weight is 356 g/mol. The molecule has 0 unspecified atom stereocenters. The maximum Gasteiger partial charge on any atom is 0.279 e. The fraction of sp³-hybridized carbons (Fsp3) is 0.136. The molecule has 0 fully saturated rings. The van der Waals surface area contributed by atoms with Crippen LogP contribution in [-0.4, -0.2) is 28.8 Å². The maximum absolute atomic E-state index is 13.2. The largest absolute Gasteiger partial charge is 0.279 e. The zero-order valence-corrected chi connectivity index (χ0v) is 15.5. The Morgan fingerprint density at radius 3 is 2.22 bits per heavy atom. The third-order valence-corrected chi connectivity index (χ3v) is 4.73. The standard InChI is InChI=1S/C22H20N4O/c1-15-9-8-10-16(2)20(15)24-21-17-11-4-5-12-18(17)22(27)26(21)25(3)19-13-6-7-14-23-19/h4-14H,1-3H3. The molecule has 2 heterocycles.